The smallest absolute Gasteiger partial charge is 0.0775 e. The molecular weight excluding hydrogens is 216 g/mol. The van der Waals surface area contributed by atoms with Gasteiger partial charge in [-0.05, 0) is 44.7 Å². The predicted molar refractivity (Wildman–Crippen MR) is 68.8 cm³/mol. The molecule has 0 unspecified atom stereocenters. The minimum absolute atomic E-state index is 0.920. The first-order chi connectivity index (χ1) is 7.75. The van der Waals surface area contributed by atoms with Crippen molar-refractivity contribution in [2.45, 2.75) is 43.9 Å². The van der Waals surface area contributed by atoms with Gasteiger partial charge in [0.05, 0.1) is 10.8 Å². The molecule has 1 fully saturated rings. The summed E-state index contributed by atoms with van der Waals surface area (Å²) in [4.78, 5) is 0.920. The summed E-state index contributed by atoms with van der Waals surface area (Å²) in [5, 5.41) is 1.96. The molecule has 1 atom stereocenters. The molecule has 1 aromatic rings. The van der Waals surface area contributed by atoms with E-state index in [1.54, 1.807) is 0 Å². The van der Waals surface area contributed by atoms with Gasteiger partial charge in [-0.25, -0.2) is 4.21 Å². The molecule has 0 spiro atoms. The lowest BCUT2D eigenvalue weighted by atomic mass is 9.96. The van der Waals surface area contributed by atoms with Gasteiger partial charge >= 0.3 is 0 Å². The van der Waals surface area contributed by atoms with Crippen molar-refractivity contribution in [2.75, 3.05) is 0 Å². The summed E-state index contributed by atoms with van der Waals surface area (Å²) in [6.45, 7) is 2.05. The zero-order valence-electron chi connectivity index (χ0n) is 9.74. The highest BCUT2D eigenvalue weighted by molar-refractivity contribution is 7.88. The van der Waals surface area contributed by atoms with E-state index in [1.807, 2.05) is 36.6 Å². The largest absolute Gasteiger partial charge is 0.250 e. The summed E-state index contributed by atoms with van der Waals surface area (Å²) in [7, 11) is -0.951. The fourth-order valence-corrected chi connectivity index (χ4v) is 3.09. The zero-order valence-corrected chi connectivity index (χ0v) is 10.6. The van der Waals surface area contributed by atoms with E-state index in [0.717, 1.165) is 17.7 Å². The maximum absolute atomic E-state index is 12.1. The normalized spacial score (nSPS) is 18.2. The highest BCUT2D eigenvalue weighted by Gasteiger charge is 2.07. The Morgan fingerprint density at radius 2 is 1.69 bits per heavy atom. The Hall–Kier alpha value is -0.890. The van der Waals surface area contributed by atoms with E-state index in [4.69, 9.17) is 0 Å². The van der Waals surface area contributed by atoms with Crippen molar-refractivity contribution < 1.29 is 4.21 Å². The zero-order chi connectivity index (χ0) is 11.4. The average molecular weight is 234 g/mol. The summed E-state index contributed by atoms with van der Waals surface area (Å²) in [6, 6.07) is 7.97. The number of hydrogen-bond acceptors (Lipinski definition) is 1. The van der Waals surface area contributed by atoms with Crippen LogP contribution in [0.3, 0.4) is 0 Å². The van der Waals surface area contributed by atoms with Gasteiger partial charge in [0.15, 0.2) is 0 Å². The fraction of sp³-hybridized carbons (Fsp3) is 0.429. The predicted octanol–water partition coefficient (Wildman–Crippen LogP) is 3.95. The van der Waals surface area contributed by atoms with E-state index in [-0.39, 0.29) is 0 Å². The second-order valence-corrected chi connectivity index (χ2v) is 5.75. The second kappa shape index (κ2) is 5.44. The van der Waals surface area contributed by atoms with E-state index < -0.39 is 10.8 Å². The molecule has 1 nitrogen and oxygen atoms in total. The molecule has 0 saturated heterocycles. The van der Waals surface area contributed by atoms with Crippen LogP contribution in [0.1, 0.15) is 37.7 Å². The monoisotopic (exact) mass is 234 g/mol. The molecule has 1 aliphatic carbocycles. The maximum atomic E-state index is 12.1. The van der Waals surface area contributed by atoms with Crippen LogP contribution in [0, 0.1) is 6.92 Å². The highest BCUT2D eigenvalue weighted by atomic mass is 32.2. The summed E-state index contributed by atoms with van der Waals surface area (Å²) >= 11 is 0. The van der Waals surface area contributed by atoms with Crippen molar-refractivity contribution in [1.82, 2.24) is 0 Å². The number of hydrogen-bond donors (Lipinski definition) is 0. The van der Waals surface area contributed by atoms with Crippen LogP contribution in [0.2, 0.25) is 0 Å². The quantitative estimate of drug-likeness (QED) is 0.757. The van der Waals surface area contributed by atoms with E-state index in [9.17, 15) is 4.21 Å². The molecule has 0 radical (unpaired) electrons. The van der Waals surface area contributed by atoms with Crippen molar-refractivity contribution in [1.29, 1.82) is 0 Å². The molecule has 0 heterocycles. The second-order valence-electron chi connectivity index (χ2n) is 4.45. The molecule has 1 saturated carbocycles. The van der Waals surface area contributed by atoms with Gasteiger partial charge in [0.1, 0.15) is 0 Å². The Morgan fingerprint density at radius 3 is 2.31 bits per heavy atom. The van der Waals surface area contributed by atoms with E-state index in [0.29, 0.717) is 0 Å². The van der Waals surface area contributed by atoms with Crippen LogP contribution in [0.25, 0.3) is 0 Å². The molecular formula is C14H18OS. The van der Waals surface area contributed by atoms with Crippen LogP contribution in [0.5, 0.6) is 0 Å². The lowest BCUT2D eigenvalue weighted by Crippen LogP contribution is -1.96. The summed E-state index contributed by atoms with van der Waals surface area (Å²) in [6.07, 6.45) is 6.12. The van der Waals surface area contributed by atoms with Gasteiger partial charge in [-0.15, -0.1) is 0 Å². The number of rotatable bonds is 2. The molecule has 1 aromatic carbocycles. The number of benzene rings is 1. The lowest BCUT2D eigenvalue weighted by molar-refractivity contribution is 0.599. The first-order valence-corrected chi connectivity index (χ1v) is 7.14. The third-order valence-corrected chi connectivity index (χ3v) is 4.31. The minimum Gasteiger partial charge on any atom is -0.250 e. The Balaban J connectivity index is 2.09. The Kier molecular flexibility index (Phi) is 3.94. The van der Waals surface area contributed by atoms with Crippen LogP contribution >= 0.6 is 0 Å². The summed E-state index contributed by atoms with van der Waals surface area (Å²) in [5.41, 5.74) is 2.59. The van der Waals surface area contributed by atoms with Crippen molar-refractivity contribution in [3.63, 3.8) is 0 Å². The molecule has 86 valence electrons. The lowest BCUT2D eigenvalue weighted by Gasteiger charge is -2.12. The Labute approximate surface area is 100 Å². The van der Waals surface area contributed by atoms with Crippen LogP contribution in [-0.4, -0.2) is 4.21 Å². The van der Waals surface area contributed by atoms with Crippen LogP contribution < -0.4 is 0 Å². The van der Waals surface area contributed by atoms with Gasteiger partial charge in [-0.3, -0.25) is 0 Å². The van der Waals surface area contributed by atoms with Gasteiger partial charge in [0.2, 0.25) is 0 Å². The third kappa shape index (κ3) is 3.05. The first-order valence-electron chi connectivity index (χ1n) is 5.92. The van der Waals surface area contributed by atoms with Gasteiger partial charge in [-0.2, -0.15) is 0 Å². The summed E-state index contributed by atoms with van der Waals surface area (Å²) < 4.78 is 12.1. The molecule has 1 aliphatic rings. The van der Waals surface area contributed by atoms with E-state index in [2.05, 4.69) is 0 Å². The van der Waals surface area contributed by atoms with Gasteiger partial charge in [0, 0.05) is 10.3 Å². The van der Waals surface area contributed by atoms with Gasteiger partial charge in [0.25, 0.3) is 0 Å². The number of allylic oxidation sites excluding steroid dienone is 1. The fourth-order valence-electron chi connectivity index (χ4n) is 2.02. The molecule has 2 rings (SSSR count). The van der Waals surface area contributed by atoms with Crippen LogP contribution in [0.15, 0.2) is 40.1 Å². The van der Waals surface area contributed by atoms with E-state index in [1.165, 1.54) is 30.4 Å². The van der Waals surface area contributed by atoms with Crippen molar-refractivity contribution in [3.8, 4) is 0 Å². The standard InChI is InChI=1S/C14H18OS/c1-12-7-9-14(10-8-12)16(15)11-13-5-3-2-4-6-13/h7-11H,2-6H2,1H3/t16-/m1/s1. The third-order valence-electron chi connectivity index (χ3n) is 3.02. The molecule has 0 aliphatic heterocycles. The van der Waals surface area contributed by atoms with Crippen LogP contribution in [0.4, 0.5) is 0 Å². The molecule has 0 amide bonds. The number of aryl methyl sites for hydroxylation is 1. The Bertz CT molecular complexity index is 395. The molecule has 16 heavy (non-hydrogen) atoms. The molecule has 0 aromatic heterocycles. The van der Waals surface area contributed by atoms with Crippen molar-refractivity contribution in [3.05, 3.63) is 40.8 Å². The first kappa shape index (κ1) is 11.6. The Morgan fingerprint density at radius 1 is 1.06 bits per heavy atom. The van der Waals surface area contributed by atoms with Gasteiger partial charge in [-0.1, -0.05) is 29.7 Å². The molecule has 2 heteroatoms. The average Bonchev–Trinajstić information content (AvgIpc) is 2.31. The van der Waals surface area contributed by atoms with Crippen molar-refractivity contribution in [2.24, 2.45) is 0 Å². The van der Waals surface area contributed by atoms with E-state index >= 15 is 0 Å². The van der Waals surface area contributed by atoms with Gasteiger partial charge < -0.3 is 0 Å². The molecule has 0 bridgehead atoms. The summed E-state index contributed by atoms with van der Waals surface area (Å²) in [5.74, 6) is 0. The minimum atomic E-state index is -0.951. The SMILES string of the molecule is Cc1ccc([S@](=O)C=C2CCCCC2)cc1. The highest BCUT2D eigenvalue weighted by Crippen LogP contribution is 2.24. The topological polar surface area (TPSA) is 17.1 Å². The van der Waals surface area contributed by atoms with Crippen LogP contribution in [-0.2, 0) is 10.8 Å². The molecule has 0 N–H and O–H groups in total. The maximum Gasteiger partial charge on any atom is 0.0775 e. The van der Waals surface area contributed by atoms with Crippen molar-refractivity contribution >= 4 is 10.8 Å².